The van der Waals surface area contributed by atoms with E-state index >= 15 is 0 Å². The number of Topliss-reactive ketones (excluding diaryl/α,β-unsaturated/α-hetero) is 1. The van der Waals surface area contributed by atoms with Crippen molar-refractivity contribution >= 4 is 34.3 Å². The molecule has 0 radical (unpaired) electrons. The molecule has 2 heterocycles. The van der Waals surface area contributed by atoms with Crippen molar-refractivity contribution in [1.82, 2.24) is 9.55 Å². The van der Waals surface area contributed by atoms with Crippen LogP contribution in [0.15, 0.2) is 60.7 Å². The molecule has 0 bridgehead atoms. The van der Waals surface area contributed by atoms with Crippen LogP contribution in [0.4, 0.5) is 0 Å². The fraction of sp³-hybridized carbons (Fsp3) is 0.258. The van der Waals surface area contributed by atoms with Crippen LogP contribution in [0.2, 0.25) is 0 Å². The van der Waals surface area contributed by atoms with Crippen molar-refractivity contribution in [2.75, 3.05) is 6.61 Å². The van der Waals surface area contributed by atoms with E-state index in [1.54, 1.807) is 0 Å². The van der Waals surface area contributed by atoms with Gasteiger partial charge in [0, 0.05) is 29.4 Å². The Balaban J connectivity index is 1.55. The topological polar surface area (TPSA) is 61.2 Å². The molecule has 1 unspecified atom stereocenters. The maximum Gasteiger partial charge on any atom is 0.339 e. The third-order valence-electron chi connectivity index (χ3n) is 7.17. The summed E-state index contributed by atoms with van der Waals surface area (Å²) in [7, 11) is 1.92. The van der Waals surface area contributed by atoms with Crippen LogP contribution in [0.1, 0.15) is 62.3 Å². The summed E-state index contributed by atoms with van der Waals surface area (Å²) in [4.78, 5) is 31.5. The van der Waals surface area contributed by atoms with Gasteiger partial charge >= 0.3 is 5.97 Å². The van der Waals surface area contributed by atoms with Gasteiger partial charge in [0.15, 0.2) is 6.61 Å². The molecule has 1 atom stereocenters. The molecule has 1 aliphatic rings. The molecule has 0 amide bonds. The van der Waals surface area contributed by atoms with Gasteiger partial charge in [-0.2, -0.15) is 0 Å². The molecule has 0 N–H and O–H groups in total. The van der Waals surface area contributed by atoms with Crippen molar-refractivity contribution in [2.24, 2.45) is 13.0 Å². The van der Waals surface area contributed by atoms with E-state index in [2.05, 4.69) is 25.1 Å². The average Bonchev–Trinajstić information content (AvgIpc) is 3.13. The minimum Gasteiger partial charge on any atom is -0.454 e. The molecule has 5 rings (SSSR count). The molecule has 0 saturated heterocycles. The maximum absolute atomic E-state index is 13.6. The number of nitrogens with zero attached hydrogens (tertiary/aromatic N) is 2. The second-order valence-electron chi connectivity index (χ2n) is 9.77. The number of hydrogen-bond donors (Lipinski definition) is 0. The first kappa shape index (κ1) is 23.7. The molecule has 1 aliphatic carbocycles. The highest BCUT2D eigenvalue weighted by Gasteiger charge is 2.29. The molecule has 2 aromatic heterocycles. The summed E-state index contributed by atoms with van der Waals surface area (Å²) in [5.74, 6) is -0.329. The number of hydrogen-bond acceptors (Lipinski definition) is 4. The Hall–Kier alpha value is -3.99. The van der Waals surface area contributed by atoms with Crippen LogP contribution in [-0.2, 0) is 18.2 Å². The van der Waals surface area contributed by atoms with E-state index in [-0.39, 0.29) is 12.4 Å². The average molecular weight is 479 g/mol. The van der Waals surface area contributed by atoms with Gasteiger partial charge in [-0.3, -0.25) is 4.79 Å². The quantitative estimate of drug-likeness (QED) is 0.248. The van der Waals surface area contributed by atoms with Crippen molar-refractivity contribution in [2.45, 2.75) is 33.6 Å². The highest BCUT2D eigenvalue weighted by atomic mass is 16.5. The smallest absolute Gasteiger partial charge is 0.339 e. The first-order valence-corrected chi connectivity index (χ1v) is 12.3. The SMILES string of the molecule is Cc1cc(C(=O)COC(=O)c2c3c(nc4ccccc24)C(=Cc2ccccc2)CC(C)C3)c(C)n1C. The van der Waals surface area contributed by atoms with Gasteiger partial charge < -0.3 is 9.30 Å². The van der Waals surface area contributed by atoms with Gasteiger partial charge in [0.05, 0.1) is 16.8 Å². The molecule has 0 saturated carbocycles. The molecular weight excluding hydrogens is 448 g/mol. The number of ether oxygens (including phenoxy) is 1. The first-order valence-electron chi connectivity index (χ1n) is 12.3. The predicted molar refractivity (Wildman–Crippen MR) is 143 cm³/mol. The largest absolute Gasteiger partial charge is 0.454 e. The third-order valence-corrected chi connectivity index (χ3v) is 7.17. The highest BCUT2D eigenvalue weighted by Crippen LogP contribution is 2.38. The fourth-order valence-corrected chi connectivity index (χ4v) is 5.14. The number of pyridine rings is 1. The van der Waals surface area contributed by atoms with Crippen LogP contribution in [0.25, 0.3) is 22.6 Å². The zero-order valence-corrected chi connectivity index (χ0v) is 21.2. The Morgan fingerprint density at radius 3 is 2.50 bits per heavy atom. The Morgan fingerprint density at radius 1 is 1.06 bits per heavy atom. The van der Waals surface area contributed by atoms with Crippen LogP contribution in [-0.4, -0.2) is 27.9 Å². The van der Waals surface area contributed by atoms with Gasteiger partial charge in [-0.05, 0) is 67.5 Å². The van der Waals surface area contributed by atoms with Crippen LogP contribution >= 0.6 is 0 Å². The number of rotatable bonds is 5. The normalized spacial score (nSPS) is 16.2. The van der Waals surface area contributed by atoms with Gasteiger partial charge in [0.1, 0.15) is 0 Å². The van der Waals surface area contributed by atoms with E-state index in [0.29, 0.717) is 17.0 Å². The number of allylic oxidation sites excluding steroid dienone is 1. The lowest BCUT2D eigenvalue weighted by Crippen LogP contribution is -2.21. The van der Waals surface area contributed by atoms with Crippen molar-refractivity contribution in [3.8, 4) is 0 Å². The Bertz CT molecular complexity index is 1510. The number of aromatic nitrogens is 2. The van der Waals surface area contributed by atoms with Gasteiger partial charge in [-0.15, -0.1) is 0 Å². The van der Waals surface area contributed by atoms with Crippen LogP contribution in [0.5, 0.6) is 0 Å². The summed E-state index contributed by atoms with van der Waals surface area (Å²) >= 11 is 0. The molecular formula is C31H30N2O3. The van der Waals surface area contributed by atoms with E-state index in [1.807, 2.05) is 74.0 Å². The second-order valence-corrected chi connectivity index (χ2v) is 9.77. The molecule has 5 nitrogen and oxygen atoms in total. The number of esters is 1. The van der Waals surface area contributed by atoms with E-state index in [9.17, 15) is 9.59 Å². The van der Waals surface area contributed by atoms with Crippen LogP contribution in [0.3, 0.4) is 0 Å². The van der Waals surface area contributed by atoms with Crippen LogP contribution < -0.4 is 0 Å². The van der Waals surface area contributed by atoms with E-state index in [1.165, 1.54) is 0 Å². The molecule has 0 aliphatic heterocycles. The standard InChI is InChI=1S/C31H30N2O3/c1-19-14-23(17-22-10-6-5-7-11-22)30-26(15-19)29(24-12-8-9-13-27(24)32-30)31(35)36-18-28(34)25-16-20(2)33(4)21(25)3/h5-13,16-17,19H,14-15,18H2,1-4H3. The second kappa shape index (κ2) is 9.57. The summed E-state index contributed by atoms with van der Waals surface area (Å²) in [6, 6.07) is 19.7. The Labute approximate surface area is 211 Å². The van der Waals surface area contributed by atoms with Crippen molar-refractivity contribution < 1.29 is 14.3 Å². The van der Waals surface area contributed by atoms with E-state index in [4.69, 9.17) is 9.72 Å². The van der Waals surface area contributed by atoms with Crippen molar-refractivity contribution in [1.29, 1.82) is 0 Å². The molecule has 5 heteroatoms. The van der Waals surface area contributed by atoms with Gasteiger partial charge in [-0.25, -0.2) is 9.78 Å². The molecule has 182 valence electrons. The zero-order valence-electron chi connectivity index (χ0n) is 21.2. The van der Waals surface area contributed by atoms with Crippen LogP contribution in [0, 0.1) is 19.8 Å². The Morgan fingerprint density at radius 2 is 1.78 bits per heavy atom. The Kier molecular flexibility index (Phi) is 6.31. The monoisotopic (exact) mass is 478 g/mol. The lowest BCUT2D eigenvalue weighted by Gasteiger charge is -2.26. The van der Waals surface area contributed by atoms with Gasteiger partial charge in [0.2, 0.25) is 5.78 Å². The number of carbonyl (C=O) groups excluding carboxylic acids is 2. The lowest BCUT2D eigenvalue weighted by atomic mass is 9.80. The maximum atomic E-state index is 13.6. The summed E-state index contributed by atoms with van der Waals surface area (Å²) < 4.78 is 7.63. The van der Waals surface area contributed by atoms with E-state index < -0.39 is 5.97 Å². The summed E-state index contributed by atoms with van der Waals surface area (Å²) in [6.07, 6.45) is 3.77. The molecule has 2 aromatic carbocycles. The van der Waals surface area contributed by atoms with Gasteiger partial charge in [-0.1, -0.05) is 55.5 Å². The minimum atomic E-state index is -0.475. The third kappa shape index (κ3) is 4.37. The summed E-state index contributed by atoms with van der Waals surface area (Å²) in [5, 5.41) is 0.758. The first-order chi connectivity index (χ1) is 17.3. The number of fused-ring (bicyclic) bond motifs is 2. The number of benzene rings is 2. The minimum absolute atomic E-state index is 0.199. The number of para-hydroxylation sites is 1. The molecule has 4 aromatic rings. The molecule has 36 heavy (non-hydrogen) atoms. The predicted octanol–water partition coefficient (Wildman–Crippen LogP) is 6.35. The lowest BCUT2D eigenvalue weighted by molar-refractivity contribution is 0.0475. The summed E-state index contributed by atoms with van der Waals surface area (Å²) in [6.45, 7) is 5.75. The fourth-order valence-electron chi connectivity index (χ4n) is 5.14. The van der Waals surface area contributed by atoms with Gasteiger partial charge in [0.25, 0.3) is 0 Å². The number of aryl methyl sites for hydroxylation is 1. The number of ketones is 1. The molecule has 0 spiro atoms. The number of carbonyl (C=O) groups is 2. The highest BCUT2D eigenvalue weighted by molar-refractivity contribution is 6.08. The van der Waals surface area contributed by atoms with E-state index in [0.717, 1.165) is 57.5 Å². The summed E-state index contributed by atoms with van der Waals surface area (Å²) in [5.41, 5.74) is 7.68. The zero-order chi connectivity index (χ0) is 25.4. The molecule has 0 fully saturated rings. The van der Waals surface area contributed by atoms with Crippen molar-refractivity contribution in [3.63, 3.8) is 0 Å². The van der Waals surface area contributed by atoms with Crippen molar-refractivity contribution in [3.05, 3.63) is 100.0 Å².